The number of aryl methyl sites for hydroxylation is 2. The number of aromatic nitrogens is 4. The number of unbranched alkanes of at least 4 members (excludes halogenated alkanes) is 1. The van der Waals surface area contributed by atoms with Gasteiger partial charge in [0.15, 0.2) is 16.3 Å². The van der Waals surface area contributed by atoms with Crippen LogP contribution in [0.5, 0.6) is 5.75 Å². The molecule has 0 aliphatic heterocycles. The van der Waals surface area contributed by atoms with Gasteiger partial charge in [-0.25, -0.2) is 9.78 Å². The number of para-hydroxylation sites is 1. The van der Waals surface area contributed by atoms with E-state index in [9.17, 15) is 14.7 Å². The van der Waals surface area contributed by atoms with Crippen LogP contribution in [-0.4, -0.2) is 42.7 Å². The van der Waals surface area contributed by atoms with E-state index in [1.807, 2.05) is 31.2 Å². The van der Waals surface area contributed by atoms with Crippen LogP contribution in [0.25, 0.3) is 11.2 Å². The zero-order valence-electron chi connectivity index (χ0n) is 16.8. The minimum atomic E-state index is -0.853. The average molecular weight is 419 g/mol. The molecule has 0 spiro atoms. The Morgan fingerprint density at radius 1 is 1.31 bits per heavy atom. The number of aromatic amines is 1. The largest absolute Gasteiger partial charge is 0.491 e. The van der Waals surface area contributed by atoms with Crippen LogP contribution >= 0.6 is 11.8 Å². The van der Waals surface area contributed by atoms with Gasteiger partial charge in [-0.3, -0.25) is 14.3 Å². The number of hydrogen-bond acceptors (Lipinski definition) is 6. The van der Waals surface area contributed by atoms with Crippen LogP contribution in [0.15, 0.2) is 39.0 Å². The van der Waals surface area contributed by atoms with Crippen molar-refractivity contribution >= 4 is 22.9 Å². The first-order chi connectivity index (χ1) is 13.9. The molecule has 0 radical (unpaired) electrons. The molecular weight excluding hydrogens is 392 g/mol. The van der Waals surface area contributed by atoms with Gasteiger partial charge in [-0.05, 0) is 25.0 Å². The maximum absolute atomic E-state index is 12.5. The highest BCUT2D eigenvalue weighted by molar-refractivity contribution is 7.99. The van der Waals surface area contributed by atoms with Crippen molar-refractivity contribution in [1.29, 1.82) is 0 Å². The quantitative estimate of drug-likeness (QED) is 0.407. The molecule has 1 atom stereocenters. The number of imidazole rings is 1. The summed E-state index contributed by atoms with van der Waals surface area (Å²) in [5, 5.41) is 11.2. The molecule has 0 bridgehead atoms. The second-order valence-corrected chi connectivity index (χ2v) is 7.99. The van der Waals surface area contributed by atoms with Gasteiger partial charge in [-0.2, -0.15) is 0 Å². The number of thioether (sulfide) groups is 1. The Morgan fingerprint density at radius 3 is 2.79 bits per heavy atom. The van der Waals surface area contributed by atoms with E-state index >= 15 is 0 Å². The lowest BCUT2D eigenvalue weighted by molar-refractivity contribution is 0.0910. The van der Waals surface area contributed by atoms with Crippen molar-refractivity contribution in [1.82, 2.24) is 19.1 Å². The first-order valence-corrected chi connectivity index (χ1v) is 10.6. The number of nitrogens with zero attached hydrogens (tertiary/aromatic N) is 3. The van der Waals surface area contributed by atoms with E-state index in [1.165, 1.54) is 16.3 Å². The molecule has 3 rings (SSSR count). The van der Waals surface area contributed by atoms with Gasteiger partial charge >= 0.3 is 5.69 Å². The number of ether oxygens (including phenoxy) is 1. The highest BCUT2D eigenvalue weighted by Gasteiger charge is 2.20. The normalized spacial score (nSPS) is 12.4. The maximum Gasteiger partial charge on any atom is 0.329 e. The van der Waals surface area contributed by atoms with E-state index < -0.39 is 17.4 Å². The fourth-order valence-corrected chi connectivity index (χ4v) is 4.06. The van der Waals surface area contributed by atoms with E-state index in [0.717, 1.165) is 24.2 Å². The van der Waals surface area contributed by atoms with E-state index in [2.05, 4.69) is 16.9 Å². The van der Waals surface area contributed by atoms with Crippen molar-refractivity contribution in [3.8, 4) is 5.75 Å². The Morgan fingerprint density at radius 2 is 2.07 bits per heavy atom. The molecule has 156 valence electrons. The van der Waals surface area contributed by atoms with Gasteiger partial charge in [0.25, 0.3) is 5.56 Å². The Labute approximate surface area is 172 Å². The predicted molar refractivity (Wildman–Crippen MR) is 114 cm³/mol. The van der Waals surface area contributed by atoms with Crippen LogP contribution in [0.4, 0.5) is 0 Å². The molecule has 0 aliphatic rings. The number of benzene rings is 1. The fraction of sp³-hybridized carbons (Fsp3) is 0.450. The lowest BCUT2D eigenvalue weighted by Gasteiger charge is -2.16. The number of hydrogen-bond donors (Lipinski definition) is 2. The number of nitrogens with one attached hydrogen (secondary N) is 1. The van der Waals surface area contributed by atoms with Gasteiger partial charge in [0, 0.05) is 12.8 Å². The zero-order valence-corrected chi connectivity index (χ0v) is 17.7. The van der Waals surface area contributed by atoms with Gasteiger partial charge in [0.2, 0.25) is 0 Å². The predicted octanol–water partition coefficient (Wildman–Crippen LogP) is 2.06. The van der Waals surface area contributed by atoms with Crippen molar-refractivity contribution in [2.24, 2.45) is 7.05 Å². The monoisotopic (exact) mass is 418 g/mol. The Hall–Kier alpha value is -2.52. The average Bonchev–Trinajstić information content (AvgIpc) is 3.04. The molecule has 2 N–H and O–H groups in total. The standard InChI is InChI=1S/C20H26N4O4S/c1-4-5-10-29-20-21-17-16(18(26)22-19(27)23(17)3)24(20)11-14(25)12-28-15-9-7-6-8-13(15)2/h6-9,14,25H,4-5,10-12H2,1-3H3,(H,22,26,27)/t14-/m1/s1. The molecule has 2 heterocycles. The van der Waals surface area contributed by atoms with E-state index in [-0.39, 0.29) is 18.7 Å². The summed E-state index contributed by atoms with van der Waals surface area (Å²) in [4.78, 5) is 31.2. The summed E-state index contributed by atoms with van der Waals surface area (Å²) in [5.74, 6) is 1.54. The van der Waals surface area contributed by atoms with Gasteiger partial charge in [-0.1, -0.05) is 43.3 Å². The first-order valence-electron chi connectivity index (χ1n) is 9.61. The minimum Gasteiger partial charge on any atom is -0.491 e. The van der Waals surface area contributed by atoms with Crippen molar-refractivity contribution in [2.45, 2.75) is 44.5 Å². The number of aliphatic hydroxyl groups is 1. The Kier molecular flexibility index (Phi) is 6.81. The van der Waals surface area contributed by atoms with Crippen molar-refractivity contribution in [3.05, 3.63) is 50.7 Å². The van der Waals surface area contributed by atoms with Crippen LogP contribution < -0.4 is 16.0 Å². The molecule has 0 fully saturated rings. The summed E-state index contributed by atoms with van der Waals surface area (Å²) in [6, 6.07) is 7.59. The zero-order chi connectivity index (χ0) is 21.0. The smallest absolute Gasteiger partial charge is 0.329 e. The lowest BCUT2D eigenvalue weighted by Crippen LogP contribution is -2.30. The second-order valence-electron chi connectivity index (χ2n) is 6.93. The van der Waals surface area contributed by atoms with E-state index in [4.69, 9.17) is 4.74 Å². The van der Waals surface area contributed by atoms with Crippen LogP contribution in [-0.2, 0) is 13.6 Å². The topological polar surface area (TPSA) is 102 Å². The van der Waals surface area contributed by atoms with Crippen molar-refractivity contribution < 1.29 is 9.84 Å². The molecule has 3 aromatic rings. The molecule has 0 aliphatic carbocycles. The third kappa shape index (κ3) is 4.73. The van der Waals surface area contributed by atoms with Gasteiger partial charge < -0.3 is 14.4 Å². The summed E-state index contributed by atoms with van der Waals surface area (Å²) in [7, 11) is 1.57. The summed E-state index contributed by atoms with van der Waals surface area (Å²) in [6.07, 6.45) is 1.19. The Bertz CT molecular complexity index is 1100. The van der Waals surface area contributed by atoms with E-state index in [0.29, 0.717) is 16.6 Å². The molecule has 29 heavy (non-hydrogen) atoms. The number of fused-ring (bicyclic) bond motifs is 1. The fourth-order valence-electron chi connectivity index (χ4n) is 2.97. The summed E-state index contributed by atoms with van der Waals surface area (Å²) in [5.41, 5.74) is 0.548. The molecular formula is C20H26N4O4S. The molecule has 0 saturated heterocycles. The van der Waals surface area contributed by atoms with Crippen molar-refractivity contribution in [2.75, 3.05) is 12.4 Å². The third-order valence-electron chi connectivity index (χ3n) is 4.62. The van der Waals surface area contributed by atoms with Gasteiger partial charge in [0.1, 0.15) is 18.5 Å². The van der Waals surface area contributed by atoms with Crippen molar-refractivity contribution in [3.63, 3.8) is 0 Å². The van der Waals surface area contributed by atoms with E-state index in [1.54, 1.807) is 11.6 Å². The first kappa shape index (κ1) is 21.2. The molecule has 2 aromatic heterocycles. The molecule has 9 heteroatoms. The molecule has 0 amide bonds. The highest BCUT2D eigenvalue weighted by Crippen LogP contribution is 2.23. The van der Waals surface area contributed by atoms with Crippen LogP contribution in [0.1, 0.15) is 25.3 Å². The minimum absolute atomic E-state index is 0.0766. The molecule has 8 nitrogen and oxygen atoms in total. The molecule has 1 aromatic carbocycles. The summed E-state index contributed by atoms with van der Waals surface area (Å²) >= 11 is 1.51. The lowest BCUT2D eigenvalue weighted by atomic mass is 10.2. The molecule has 0 unspecified atom stereocenters. The number of rotatable bonds is 9. The van der Waals surface area contributed by atoms with Gasteiger partial charge in [-0.15, -0.1) is 0 Å². The van der Waals surface area contributed by atoms with Crippen LogP contribution in [0.2, 0.25) is 0 Å². The SMILES string of the molecule is CCCCSc1nc2c(c(=O)[nH]c(=O)n2C)n1C[C@@H](O)COc1ccccc1C. The Balaban J connectivity index is 1.88. The summed E-state index contributed by atoms with van der Waals surface area (Å²) in [6.45, 7) is 4.25. The van der Waals surface area contributed by atoms with Crippen LogP contribution in [0.3, 0.4) is 0 Å². The highest BCUT2D eigenvalue weighted by atomic mass is 32.2. The molecule has 0 saturated carbocycles. The van der Waals surface area contributed by atoms with Crippen LogP contribution in [0, 0.1) is 6.92 Å². The maximum atomic E-state index is 12.5. The second kappa shape index (κ2) is 9.32. The third-order valence-corrected chi connectivity index (χ3v) is 5.68. The number of aliphatic hydroxyl groups excluding tert-OH is 1. The summed E-state index contributed by atoms with van der Waals surface area (Å²) < 4.78 is 8.73. The number of H-pyrrole nitrogens is 1. The van der Waals surface area contributed by atoms with Gasteiger partial charge in [0.05, 0.1) is 6.54 Å².